The quantitative estimate of drug-likeness (QED) is 0.0503. The first-order valence-corrected chi connectivity index (χ1v) is 23.2. The van der Waals surface area contributed by atoms with E-state index in [9.17, 15) is 4.79 Å². The van der Waals surface area contributed by atoms with Crippen molar-refractivity contribution in [2.75, 3.05) is 0 Å². The zero-order valence-electron chi connectivity index (χ0n) is 34.0. The number of unbranched alkanes of at least 4 members (excludes halogenated alkanes) is 11. The summed E-state index contributed by atoms with van der Waals surface area (Å²) in [6, 6.07) is 0. The van der Waals surface area contributed by atoms with Crippen LogP contribution >= 0.6 is 34.8 Å². The van der Waals surface area contributed by atoms with E-state index in [-0.39, 0.29) is 12.1 Å². The highest BCUT2D eigenvalue weighted by molar-refractivity contribution is 6.63. The molecule has 0 unspecified atom stereocenters. The molecule has 8 atom stereocenters. The number of rotatable bonds is 21. The largest absolute Gasteiger partial charge is 0.462 e. The Morgan fingerprint density at radius 2 is 1.43 bits per heavy atom. The van der Waals surface area contributed by atoms with E-state index in [1.807, 2.05) is 0 Å². The minimum Gasteiger partial charge on any atom is -0.462 e. The molecule has 0 aromatic heterocycles. The van der Waals surface area contributed by atoms with E-state index < -0.39 is 4.30 Å². The SMILES string of the molecule is CCCCCCCC/C=C\CCCCCCCC(=O)O[C@H]1CC[C@@]2(C)C(=CC[C@H]3[C@@H]4CC[C@H]([C@H](C)CCCC(C)C)[C@@]4(C)CC[C@@H]32)C1.ClC(Cl)Cl. The van der Waals surface area contributed by atoms with E-state index in [2.05, 4.69) is 59.8 Å². The Morgan fingerprint density at radius 1 is 0.804 bits per heavy atom. The van der Waals surface area contributed by atoms with Crippen molar-refractivity contribution in [3.05, 3.63) is 23.8 Å². The molecule has 0 aromatic rings. The number of ether oxygens (including phenoxy) is 1. The zero-order valence-corrected chi connectivity index (χ0v) is 36.2. The van der Waals surface area contributed by atoms with Crippen LogP contribution in [0.15, 0.2) is 23.8 Å². The summed E-state index contributed by atoms with van der Waals surface area (Å²) in [4.78, 5) is 12.8. The number of alkyl halides is 3. The first-order valence-electron chi connectivity index (χ1n) is 21.9. The van der Waals surface area contributed by atoms with E-state index in [1.54, 1.807) is 5.57 Å². The van der Waals surface area contributed by atoms with Crippen molar-refractivity contribution in [1.29, 1.82) is 0 Å². The molecule has 0 N–H and O–H groups in total. The molecule has 4 aliphatic carbocycles. The standard InChI is InChI=1S/C45H78O2.CHCl3/c1-7-8-9-10-11-12-13-14-15-16-17-18-19-20-21-25-43(46)47-38-30-32-44(5)37(34-38)26-27-39-41-29-28-40(36(4)24-22-23-35(2)3)45(41,6)33-31-42(39)44;2-1(3)4/h14-15,26,35-36,38-42H,7-13,16-25,27-34H2,1-6H3;1H/b15-14-;/t36-,38+,39+,40-,41+,42+,44+,45-;/m1./s1. The van der Waals surface area contributed by atoms with Gasteiger partial charge in [-0.15, -0.1) is 0 Å². The van der Waals surface area contributed by atoms with Crippen LogP contribution < -0.4 is 0 Å². The minimum absolute atomic E-state index is 0.0541. The molecule has 51 heavy (non-hydrogen) atoms. The fourth-order valence-corrected chi connectivity index (χ4v) is 11.3. The number of esters is 1. The van der Waals surface area contributed by atoms with Crippen LogP contribution in [0.25, 0.3) is 0 Å². The molecule has 0 aromatic carbocycles. The van der Waals surface area contributed by atoms with Gasteiger partial charge in [0.2, 0.25) is 0 Å². The van der Waals surface area contributed by atoms with Crippen LogP contribution in [0.5, 0.6) is 0 Å². The summed E-state index contributed by atoms with van der Waals surface area (Å²) in [5.74, 6) is 5.31. The molecule has 3 fully saturated rings. The maximum Gasteiger partial charge on any atom is 0.306 e. The molecule has 0 bridgehead atoms. The Hall–Kier alpha value is -0.180. The summed E-state index contributed by atoms with van der Waals surface area (Å²) in [6.07, 6.45) is 39.5. The normalized spacial score (nSPS) is 30.7. The van der Waals surface area contributed by atoms with Crippen LogP contribution in [0.2, 0.25) is 0 Å². The molecule has 0 saturated heterocycles. The van der Waals surface area contributed by atoms with Gasteiger partial charge in [0, 0.05) is 12.8 Å². The lowest BCUT2D eigenvalue weighted by molar-refractivity contribution is -0.151. The maximum atomic E-state index is 12.8. The molecular weight excluding hydrogens is 691 g/mol. The highest BCUT2D eigenvalue weighted by atomic mass is 35.6. The van der Waals surface area contributed by atoms with Crippen LogP contribution in [0.3, 0.4) is 0 Å². The predicted octanol–water partition coefficient (Wildman–Crippen LogP) is 16.0. The number of halogens is 3. The van der Waals surface area contributed by atoms with Gasteiger partial charge in [-0.25, -0.2) is 0 Å². The van der Waals surface area contributed by atoms with E-state index in [0.29, 0.717) is 17.3 Å². The van der Waals surface area contributed by atoms with Crippen LogP contribution in [0.1, 0.15) is 202 Å². The Morgan fingerprint density at radius 3 is 2.08 bits per heavy atom. The van der Waals surface area contributed by atoms with Gasteiger partial charge >= 0.3 is 5.97 Å². The van der Waals surface area contributed by atoms with Gasteiger partial charge in [-0.3, -0.25) is 4.79 Å². The second kappa shape index (κ2) is 23.7. The van der Waals surface area contributed by atoms with Crippen molar-refractivity contribution in [3.63, 3.8) is 0 Å². The smallest absolute Gasteiger partial charge is 0.306 e. The molecule has 0 radical (unpaired) electrons. The van der Waals surface area contributed by atoms with Gasteiger partial charge in [-0.2, -0.15) is 0 Å². The van der Waals surface area contributed by atoms with Crippen LogP contribution in [0, 0.1) is 46.3 Å². The van der Waals surface area contributed by atoms with Gasteiger partial charge in [-0.05, 0) is 123 Å². The lowest BCUT2D eigenvalue weighted by Gasteiger charge is -2.58. The second-order valence-electron chi connectivity index (χ2n) is 18.2. The van der Waals surface area contributed by atoms with E-state index in [4.69, 9.17) is 39.5 Å². The second-order valence-corrected chi connectivity index (χ2v) is 20.2. The number of allylic oxidation sites excluding steroid dienone is 3. The lowest BCUT2D eigenvalue weighted by atomic mass is 9.47. The summed E-state index contributed by atoms with van der Waals surface area (Å²) in [5.41, 5.74) is 2.53. The number of fused-ring (bicyclic) bond motifs is 5. The van der Waals surface area contributed by atoms with E-state index >= 15 is 0 Å². The fourth-order valence-electron chi connectivity index (χ4n) is 11.3. The van der Waals surface area contributed by atoms with Crippen molar-refractivity contribution < 1.29 is 9.53 Å². The molecule has 4 rings (SSSR count). The molecule has 0 spiro atoms. The van der Waals surface area contributed by atoms with Gasteiger partial charge in [0.05, 0.1) is 0 Å². The predicted molar refractivity (Wildman–Crippen MR) is 224 cm³/mol. The number of hydrogen-bond acceptors (Lipinski definition) is 2. The molecule has 0 heterocycles. The Kier molecular flexibility index (Phi) is 21.0. The highest BCUT2D eigenvalue weighted by Crippen LogP contribution is 2.67. The zero-order chi connectivity index (χ0) is 37.3. The van der Waals surface area contributed by atoms with Crippen molar-refractivity contribution in [1.82, 2.24) is 0 Å². The first-order chi connectivity index (χ1) is 24.4. The number of carbonyl (C=O) groups is 1. The summed E-state index contributed by atoms with van der Waals surface area (Å²) >= 11 is 14.4. The molecule has 5 heteroatoms. The molecular formula is C46H79Cl3O2. The van der Waals surface area contributed by atoms with Gasteiger partial charge < -0.3 is 4.74 Å². The molecule has 296 valence electrons. The van der Waals surface area contributed by atoms with Gasteiger partial charge in [0.1, 0.15) is 6.10 Å². The Labute approximate surface area is 331 Å². The van der Waals surface area contributed by atoms with Crippen LogP contribution in [-0.4, -0.2) is 16.4 Å². The number of carbonyl (C=O) groups excluding carboxylic acids is 1. The third-order valence-corrected chi connectivity index (χ3v) is 14.2. The molecule has 0 amide bonds. The third kappa shape index (κ3) is 14.4. The Bertz CT molecular complexity index is 1030. The molecule has 4 aliphatic rings. The average molecular weight is 770 g/mol. The molecule has 3 saturated carbocycles. The van der Waals surface area contributed by atoms with Gasteiger partial charge in [-0.1, -0.05) is 171 Å². The van der Waals surface area contributed by atoms with Crippen LogP contribution in [0.4, 0.5) is 0 Å². The summed E-state index contributed by atoms with van der Waals surface area (Å²) in [5, 5.41) is 0. The highest BCUT2D eigenvalue weighted by Gasteiger charge is 2.59. The van der Waals surface area contributed by atoms with Crippen molar-refractivity contribution in [2.24, 2.45) is 46.3 Å². The summed E-state index contributed by atoms with van der Waals surface area (Å²) < 4.78 is 5.37. The third-order valence-electron chi connectivity index (χ3n) is 14.2. The van der Waals surface area contributed by atoms with Gasteiger partial charge in [0.15, 0.2) is 4.30 Å². The lowest BCUT2D eigenvalue weighted by Crippen LogP contribution is -2.51. The van der Waals surface area contributed by atoms with Gasteiger partial charge in [0.25, 0.3) is 0 Å². The van der Waals surface area contributed by atoms with E-state index in [1.165, 1.54) is 128 Å². The molecule has 2 nitrogen and oxygen atoms in total. The van der Waals surface area contributed by atoms with E-state index in [0.717, 1.165) is 61.2 Å². The monoisotopic (exact) mass is 769 g/mol. The maximum absolute atomic E-state index is 12.8. The van der Waals surface area contributed by atoms with Crippen molar-refractivity contribution >= 4 is 40.8 Å². The Balaban J connectivity index is 0.00000166. The fraction of sp³-hybridized carbons (Fsp3) is 0.891. The first kappa shape index (κ1) is 45.2. The van der Waals surface area contributed by atoms with Crippen LogP contribution in [-0.2, 0) is 9.53 Å². The molecule has 0 aliphatic heterocycles. The average Bonchev–Trinajstić information content (AvgIpc) is 3.43. The summed E-state index contributed by atoms with van der Waals surface area (Å²) in [6.45, 7) is 14.9. The minimum atomic E-state index is -0.750. The summed E-state index contributed by atoms with van der Waals surface area (Å²) in [7, 11) is 0. The number of hydrogen-bond donors (Lipinski definition) is 0. The van der Waals surface area contributed by atoms with Crippen molar-refractivity contribution in [3.8, 4) is 0 Å². The van der Waals surface area contributed by atoms with Crippen molar-refractivity contribution in [2.45, 2.75) is 212 Å². The topological polar surface area (TPSA) is 26.3 Å².